The average Bonchev–Trinajstić information content (AvgIpc) is 2.55. The van der Waals surface area contributed by atoms with E-state index in [1.54, 1.807) is 6.07 Å². The van der Waals surface area contributed by atoms with E-state index in [9.17, 15) is 4.79 Å². The summed E-state index contributed by atoms with van der Waals surface area (Å²) < 4.78 is 5.17. The maximum Gasteiger partial charge on any atom is 0.270 e. The molecule has 0 aliphatic heterocycles. The van der Waals surface area contributed by atoms with E-state index in [1.807, 2.05) is 0 Å². The highest BCUT2D eigenvalue weighted by molar-refractivity contribution is 5.90. The molecule has 0 unspecified atom stereocenters. The van der Waals surface area contributed by atoms with Crippen molar-refractivity contribution in [2.75, 3.05) is 0 Å². The number of nitrogens with zero attached hydrogens (tertiary/aromatic N) is 1. The van der Waals surface area contributed by atoms with Gasteiger partial charge in [0.25, 0.3) is 5.91 Å². The Morgan fingerprint density at radius 3 is 2.53 bits per heavy atom. The first-order valence-corrected chi connectivity index (χ1v) is 5.54. The maximum absolute atomic E-state index is 10.9. The second kappa shape index (κ2) is 4.47. The Bertz CT molecular complexity index is 338. The third-order valence-electron chi connectivity index (χ3n) is 3.04. The van der Waals surface area contributed by atoms with E-state index < -0.39 is 5.91 Å². The molecule has 2 rings (SSSR count). The Balaban J connectivity index is 2.10. The molecular weight excluding hydrogens is 192 g/mol. The molecule has 0 saturated heterocycles. The van der Waals surface area contributed by atoms with E-state index in [2.05, 4.69) is 5.16 Å². The van der Waals surface area contributed by atoms with Gasteiger partial charge in [-0.2, -0.15) is 0 Å². The van der Waals surface area contributed by atoms with Crippen LogP contribution in [0.25, 0.3) is 0 Å². The smallest absolute Gasteiger partial charge is 0.270 e. The molecule has 0 aromatic carbocycles. The first-order valence-electron chi connectivity index (χ1n) is 5.54. The first kappa shape index (κ1) is 10.2. The Hall–Kier alpha value is -1.32. The molecule has 1 heterocycles. The van der Waals surface area contributed by atoms with Gasteiger partial charge in [-0.1, -0.05) is 30.8 Å². The van der Waals surface area contributed by atoms with Crippen molar-refractivity contribution in [1.29, 1.82) is 0 Å². The molecule has 82 valence electrons. The minimum Gasteiger partial charge on any atom is -0.364 e. The van der Waals surface area contributed by atoms with Crippen LogP contribution in [0, 0.1) is 0 Å². The van der Waals surface area contributed by atoms with Crippen LogP contribution in [0.1, 0.15) is 60.7 Å². The molecule has 4 heteroatoms. The molecule has 1 amide bonds. The van der Waals surface area contributed by atoms with Crippen molar-refractivity contribution in [2.24, 2.45) is 5.73 Å². The third kappa shape index (κ3) is 2.37. The Morgan fingerprint density at radius 1 is 1.33 bits per heavy atom. The first-order chi connectivity index (χ1) is 7.27. The van der Waals surface area contributed by atoms with Gasteiger partial charge < -0.3 is 10.3 Å². The fourth-order valence-electron chi connectivity index (χ4n) is 2.16. The second-order valence-corrected chi connectivity index (χ2v) is 4.17. The van der Waals surface area contributed by atoms with E-state index in [1.165, 1.54) is 25.7 Å². The number of rotatable bonds is 2. The summed E-state index contributed by atoms with van der Waals surface area (Å²) in [6.07, 6.45) is 7.33. The van der Waals surface area contributed by atoms with Crippen LogP contribution < -0.4 is 5.73 Å². The summed E-state index contributed by atoms with van der Waals surface area (Å²) in [5.74, 6) is 0.734. The monoisotopic (exact) mass is 208 g/mol. The molecule has 2 N–H and O–H groups in total. The van der Waals surface area contributed by atoms with Crippen molar-refractivity contribution in [3.63, 3.8) is 0 Å². The topological polar surface area (TPSA) is 69.1 Å². The zero-order valence-corrected chi connectivity index (χ0v) is 8.74. The van der Waals surface area contributed by atoms with Crippen LogP contribution in [0.15, 0.2) is 10.6 Å². The van der Waals surface area contributed by atoms with Gasteiger partial charge in [-0.3, -0.25) is 4.79 Å². The number of hydrogen-bond donors (Lipinski definition) is 1. The molecule has 1 fully saturated rings. The lowest BCUT2D eigenvalue weighted by atomic mass is 9.97. The summed E-state index contributed by atoms with van der Waals surface area (Å²) in [4.78, 5) is 10.9. The molecule has 0 atom stereocenters. The van der Waals surface area contributed by atoms with Gasteiger partial charge in [0.1, 0.15) is 5.76 Å². The molecule has 15 heavy (non-hydrogen) atoms. The van der Waals surface area contributed by atoms with E-state index in [-0.39, 0.29) is 5.69 Å². The van der Waals surface area contributed by atoms with Gasteiger partial charge in [-0.05, 0) is 12.8 Å². The number of amides is 1. The van der Waals surface area contributed by atoms with Crippen LogP contribution in [-0.2, 0) is 0 Å². The standard InChI is InChI=1S/C11H16N2O2/c12-11(14)9-7-10(15-13-9)8-5-3-1-2-4-6-8/h7-8H,1-6H2,(H2,12,14). The van der Waals surface area contributed by atoms with Crippen molar-refractivity contribution in [2.45, 2.75) is 44.4 Å². The van der Waals surface area contributed by atoms with Crippen molar-refractivity contribution in [3.05, 3.63) is 17.5 Å². The lowest BCUT2D eigenvalue weighted by Gasteiger charge is -2.08. The lowest BCUT2D eigenvalue weighted by molar-refractivity contribution is 0.0991. The molecule has 1 aromatic rings. The summed E-state index contributed by atoms with van der Waals surface area (Å²) in [7, 11) is 0. The van der Waals surface area contributed by atoms with Gasteiger partial charge in [0, 0.05) is 12.0 Å². The van der Waals surface area contributed by atoms with Gasteiger partial charge >= 0.3 is 0 Å². The Kier molecular flexibility index (Phi) is 3.04. The number of aromatic nitrogens is 1. The second-order valence-electron chi connectivity index (χ2n) is 4.17. The predicted molar refractivity (Wildman–Crippen MR) is 55.5 cm³/mol. The summed E-state index contributed by atoms with van der Waals surface area (Å²) in [5, 5.41) is 3.67. The molecular formula is C11H16N2O2. The highest BCUT2D eigenvalue weighted by atomic mass is 16.5. The molecule has 4 nitrogen and oxygen atoms in total. The highest BCUT2D eigenvalue weighted by Crippen LogP contribution is 2.31. The van der Waals surface area contributed by atoms with Crippen LogP contribution in [0.5, 0.6) is 0 Å². The minimum atomic E-state index is -0.515. The summed E-state index contributed by atoms with van der Waals surface area (Å²) in [5.41, 5.74) is 5.37. The van der Waals surface area contributed by atoms with Gasteiger partial charge in [0.2, 0.25) is 0 Å². The van der Waals surface area contributed by atoms with E-state index in [0.717, 1.165) is 18.6 Å². The fourth-order valence-corrected chi connectivity index (χ4v) is 2.16. The molecule has 1 aliphatic carbocycles. The molecule has 0 bridgehead atoms. The van der Waals surface area contributed by atoms with Crippen LogP contribution in [0.4, 0.5) is 0 Å². The van der Waals surface area contributed by atoms with Crippen molar-refractivity contribution in [3.8, 4) is 0 Å². The number of carbonyl (C=O) groups is 1. The Labute approximate surface area is 88.8 Å². The van der Waals surface area contributed by atoms with Gasteiger partial charge in [-0.25, -0.2) is 0 Å². The van der Waals surface area contributed by atoms with Crippen LogP contribution in [0.2, 0.25) is 0 Å². The zero-order chi connectivity index (χ0) is 10.7. The summed E-state index contributed by atoms with van der Waals surface area (Å²) >= 11 is 0. The van der Waals surface area contributed by atoms with E-state index >= 15 is 0 Å². The van der Waals surface area contributed by atoms with Crippen LogP contribution in [0.3, 0.4) is 0 Å². The van der Waals surface area contributed by atoms with E-state index in [4.69, 9.17) is 10.3 Å². The molecule has 0 spiro atoms. The number of primary amides is 1. The number of carbonyl (C=O) groups excluding carboxylic acids is 1. The predicted octanol–water partition coefficient (Wildman–Crippen LogP) is 2.21. The third-order valence-corrected chi connectivity index (χ3v) is 3.04. The fraction of sp³-hybridized carbons (Fsp3) is 0.636. The molecule has 1 aromatic heterocycles. The summed E-state index contributed by atoms with van der Waals surface area (Å²) in [6.45, 7) is 0. The zero-order valence-electron chi connectivity index (χ0n) is 8.74. The molecule has 0 radical (unpaired) electrons. The maximum atomic E-state index is 10.9. The average molecular weight is 208 g/mol. The van der Waals surface area contributed by atoms with E-state index in [0.29, 0.717) is 5.92 Å². The largest absolute Gasteiger partial charge is 0.364 e. The van der Waals surface area contributed by atoms with Gasteiger partial charge in [-0.15, -0.1) is 0 Å². The number of nitrogens with two attached hydrogens (primary N) is 1. The van der Waals surface area contributed by atoms with Gasteiger partial charge in [0.15, 0.2) is 5.69 Å². The normalized spacial score (nSPS) is 18.7. The van der Waals surface area contributed by atoms with Crippen molar-refractivity contribution < 1.29 is 9.32 Å². The molecule has 1 aliphatic rings. The van der Waals surface area contributed by atoms with Crippen molar-refractivity contribution >= 4 is 5.91 Å². The van der Waals surface area contributed by atoms with Crippen LogP contribution in [-0.4, -0.2) is 11.1 Å². The number of hydrogen-bond acceptors (Lipinski definition) is 3. The van der Waals surface area contributed by atoms with Crippen molar-refractivity contribution in [1.82, 2.24) is 5.16 Å². The Morgan fingerprint density at radius 2 is 2.00 bits per heavy atom. The minimum absolute atomic E-state index is 0.245. The quantitative estimate of drug-likeness (QED) is 0.757. The molecule has 1 saturated carbocycles. The SMILES string of the molecule is NC(=O)c1cc(C2CCCCCC2)on1. The highest BCUT2D eigenvalue weighted by Gasteiger charge is 2.19. The van der Waals surface area contributed by atoms with Crippen LogP contribution >= 0.6 is 0 Å². The summed E-state index contributed by atoms with van der Waals surface area (Å²) in [6, 6.07) is 1.69. The van der Waals surface area contributed by atoms with Gasteiger partial charge in [0.05, 0.1) is 0 Å². The lowest BCUT2D eigenvalue weighted by Crippen LogP contribution is -2.10.